The number of carbonyl (C=O) groups is 4. The van der Waals surface area contributed by atoms with E-state index in [1.807, 2.05) is 42.5 Å². The maximum atomic E-state index is 14.0. The maximum absolute atomic E-state index is 14.0. The van der Waals surface area contributed by atoms with Gasteiger partial charge in [0.1, 0.15) is 6.04 Å². The Bertz CT molecular complexity index is 1460. The van der Waals surface area contributed by atoms with Gasteiger partial charge in [0.15, 0.2) is 0 Å². The van der Waals surface area contributed by atoms with Gasteiger partial charge in [0.25, 0.3) is 0 Å². The number of benzene rings is 3. The monoisotopic (exact) mass is 553 g/mol. The molecule has 1 fully saturated rings. The first kappa shape index (κ1) is 28.0. The summed E-state index contributed by atoms with van der Waals surface area (Å²) in [5.74, 6) is -1.93. The molecule has 6 N–H and O–H groups in total. The summed E-state index contributed by atoms with van der Waals surface area (Å²) in [6.45, 7) is 1.76. The molecule has 2 aliphatic rings. The minimum Gasteiger partial charge on any atom is -0.366 e. The second-order valence-electron chi connectivity index (χ2n) is 10.9. The first-order chi connectivity index (χ1) is 19.7. The quantitative estimate of drug-likeness (QED) is 0.321. The molecule has 212 valence electrons. The zero-order valence-corrected chi connectivity index (χ0v) is 23.0. The number of fused-ring (bicyclic) bond motifs is 1. The van der Waals surface area contributed by atoms with E-state index in [0.717, 1.165) is 24.0 Å². The number of nitrogens with one attached hydrogen (secondary N) is 2. The number of likely N-dealkylation sites (tertiary alicyclic amines) is 1. The Kier molecular flexibility index (Phi) is 8.16. The average Bonchev–Trinajstić information content (AvgIpc) is 3.35. The number of carbonyl (C=O) groups excluding carboxylic acids is 4. The summed E-state index contributed by atoms with van der Waals surface area (Å²) in [7, 11) is 0. The second-order valence-corrected chi connectivity index (χ2v) is 10.9. The Morgan fingerprint density at radius 1 is 0.976 bits per heavy atom. The summed E-state index contributed by atoms with van der Waals surface area (Å²) in [6.07, 6.45) is 1.88. The third-order valence-electron chi connectivity index (χ3n) is 8.00. The van der Waals surface area contributed by atoms with E-state index in [2.05, 4.69) is 22.8 Å². The predicted molar refractivity (Wildman–Crippen MR) is 154 cm³/mol. The molecular weight excluding hydrogens is 518 g/mol. The molecule has 0 radical (unpaired) electrons. The fraction of sp³-hybridized carbons (Fsp3) is 0.312. The topological polar surface area (TPSA) is 148 Å². The van der Waals surface area contributed by atoms with Crippen molar-refractivity contribution in [2.75, 3.05) is 6.54 Å². The molecule has 41 heavy (non-hydrogen) atoms. The SMILES string of the molecule is C[C@H](N)C(=O)N[C@@H](Cc1cccc(C(N)=O)c1)C(=O)N1C[C@H](C(=O)N[C@H]2CCc3ccccc32)[C@H]1c1ccccc1. The van der Waals surface area contributed by atoms with Gasteiger partial charge in [-0.15, -0.1) is 0 Å². The molecule has 1 aliphatic heterocycles. The minimum atomic E-state index is -0.950. The molecule has 4 amide bonds. The summed E-state index contributed by atoms with van der Waals surface area (Å²) in [4.78, 5) is 53.6. The molecule has 3 aromatic rings. The normalized spacial score (nSPS) is 20.7. The molecule has 0 bridgehead atoms. The highest BCUT2D eigenvalue weighted by molar-refractivity contribution is 5.94. The van der Waals surface area contributed by atoms with Crippen LogP contribution in [0.4, 0.5) is 0 Å². The summed E-state index contributed by atoms with van der Waals surface area (Å²) < 4.78 is 0. The van der Waals surface area contributed by atoms with Gasteiger partial charge in [0, 0.05) is 18.5 Å². The summed E-state index contributed by atoms with van der Waals surface area (Å²) >= 11 is 0. The smallest absolute Gasteiger partial charge is 0.248 e. The highest BCUT2D eigenvalue weighted by atomic mass is 16.2. The van der Waals surface area contributed by atoms with Crippen LogP contribution in [0, 0.1) is 5.92 Å². The fourth-order valence-corrected chi connectivity index (χ4v) is 5.80. The zero-order chi connectivity index (χ0) is 29.1. The lowest BCUT2D eigenvalue weighted by molar-refractivity contribution is -0.154. The van der Waals surface area contributed by atoms with Gasteiger partial charge in [-0.1, -0.05) is 66.7 Å². The van der Waals surface area contributed by atoms with Crippen LogP contribution in [0.2, 0.25) is 0 Å². The number of hydrogen-bond acceptors (Lipinski definition) is 5. The lowest BCUT2D eigenvalue weighted by Crippen LogP contribution is -2.62. The van der Waals surface area contributed by atoms with E-state index in [4.69, 9.17) is 11.5 Å². The summed E-state index contributed by atoms with van der Waals surface area (Å²) in [5.41, 5.74) is 15.4. The van der Waals surface area contributed by atoms with Crippen molar-refractivity contribution in [3.63, 3.8) is 0 Å². The molecule has 9 nitrogen and oxygen atoms in total. The highest BCUT2D eigenvalue weighted by Gasteiger charge is 2.49. The molecule has 0 spiro atoms. The van der Waals surface area contributed by atoms with E-state index in [1.54, 1.807) is 36.1 Å². The number of rotatable bonds is 9. The molecule has 9 heteroatoms. The molecule has 5 atom stereocenters. The highest BCUT2D eigenvalue weighted by Crippen LogP contribution is 2.41. The van der Waals surface area contributed by atoms with Gasteiger partial charge in [-0.25, -0.2) is 0 Å². The van der Waals surface area contributed by atoms with Crippen LogP contribution in [-0.4, -0.2) is 47.2 Å². The number of nitrogens with zero attached hydrogens (tertiary/aromatic N) is 1. The van der Waals surface area contributed by atoms with Gasteiger partial charge >= 0.3 is 0 Å². The van der Waals surface area contributed by atoms with Crippen LogP contribution >= 0.6 is 0 Å². The number of amides is 4. The van der Waals surface area contributed by atoms with Gasteiger partial charge in [-0.2, -0.15) is 0 Å². The van der Waals surface area contributed by atoms with Crippen molar-refractivity contribution < 1.29 is 19.2 Å². The van der Waals surface area contributed by atoms with Crippen molar-refractivity contribution in [2.24, 2.45) is 17.4 Å². The van der Waals surface area contributed by atoms with Crippen LogP contribution in [0.1, 0.15) is 58.0 Å². The fourth-order valence-electron chi connectivity index (χ4n) is 5.80. The van der Waals surface area contributed by atoms with Crippen LogP contribution in [-0.2, 0) is 27.2 Å². The van der Waals surface area contributed by atoms with Gasteiger partial charge < -0.3 is 27.0 Å². The van der Waals surface area contributed by atoms with E-state index < -0.39 is 35.9 Å². The third kappa shape index (κ3) is 6.00. The van der Waals surface area contributed by atoms with E-state index in [0.29, 0.717) is 11.1 Å². The van der Waals surface area contributed by atoms with Gasteiger partial charge in [-0.3, -0.25) is 19.2 Å². The lowest BCUT2D eigenvalue weighted by atomic mass is 9.81. The van der Waals surface area contributed by atoms with Crippen molar-refractivity contribution in [2.45, 2.75) is 50.4 Å². The van der Waals surface area contributed by atoms with Crippen molar-refractivity contribution in [1.29, 1.82) is 0 Å². The average molecular weight is 554 g/mol. The Balaban J connectivity index is 1.38. The Hall–Kier alpha value is -4.50. The molecule has 0 unspecified atom stereocenters. The minimum absolute atomic E-state index is 0.0597. The second kappa shape index (κ2) is 11.9. The Labute approximate surface area is 239 Å². The van der Waals surface area contributed by atoms with Crippen LogP contribution in [0.25, 0.3) is 0 Å². The number of primary amides is 1. The maximum Gasteiger partial charge on any atom is 0.248 e. The summed E-state index contributed by atoms with van der Waals surface area (Å²) in [6, 6.07) is 21.9. The Morgan fingerprint density at radius 2 is 1.71 bits per heavy atom. The molecule has 0 aromatic heterocycles. The van der Waals surface area contributed by atoms with Crippen LogP contribution < -0.4 is 22.1 Å². The van der Waals surface area contributed by atoms with Crippen molar-refractivity contribution >= 4 is 23.6 Å². The van der Waals surface area contributed by atoms with Crippen molar-refractivity contribution in [3.8, 4) is 0 Å². The number of nitrogens with two attached hydrogens (primary N) is 2. The van der Waals surface area contributed by atoms with Crippen LogP contribution in [0.5, 0.6) is 0 Å². The molecule has 3 aromatic carbocycles. The van der Waals surface area contributed by atoms with E-state index >= 15 is 0 Å². The lowest BCUT2D eigenvalue weighted by Gasteiger charge is -2.49. The molecule has 1 aliphatic carbocycles. The molecular formula is C32H35N5O4. The van der Waals surface area contributed by atoms with E-state index in [9.17, 15) is 19.2 Å². The first-order valence-corrected chi connectivity index (χ1v) is 13.9. The van der Waals surface area contributed by atoms with Gasteiger partial charge in [0.05, 0.1) is 24.0 Å². The first-order valence-electron chi connectivity index (χ1n) is 13.9. The molecule has 0 saturated carbocycles. The van der Waals surface area contributed by atoms with Crippen LogP contribution in [0.15, 0.2) is 78.9 Å². The van der Waals surface area contributed by atoms with Crippen LogP contribution in [0.3, 0.4) is 0 Å². The van der Waals surface area contributed by atoms with Crippen molar-refractivity contribution in [1.82, 2.24) is 15.5 Å². The molecule has 1 heterocycles. The molecule has 1 saturated heterocycles. The van der Waals surface area contributed by atoms with Crippen molar-refractivity contribution in [3.05, 3.63) is 107 Å². The van der Waals surface area contributed by atoms with Gasteiger partial charge in [0.2, 0.25) is 23.6 Å². The summed E-state index contributed by atoms with van der Waals surface area (Å²) in [5, 5.41) is 6.00. The van der Waals surface area contributed by atoms with E-state index in [-0.39, 0.29) is 30.8 Å². The zero-order valence-electron chi connectivity index (χ0n) is 23.0. The van der Waals surface area contributed by atoms with Gasteiger partial charge in [-0.05, 0) is 54.2 Å². The third-order valence-corrected chi connectivity index (χ3v) is 8.00. The van der Waals surface area contributed by atoms with E-state index in [1.165, 1.54) is 5.56 Å². The number of aryl methyl sites for hydroxylation is 1. The largest absolute Gasteiger partial charge is 0.366 e. The Morgan fingerprint density at radius 3 is 2.44 bits per heavy atom. The predicted octanol–water partition coefficient (Wildman–Crippen LogP) is 2.16. The standard InChI is InChI=1S/C32H35N5O4/c1-19(33)30(39)36-27(17-20-8-7-12-23(16-20)29(34)38)32(41)37-18-25(28(37)22-10-3-2-4-11-22)31(40)35-26-15-14-21-9-5-6-13-24(21)26/h2-13,16,19,25-28H,14-15,17-18,33H2,1H3,(H2,34,38)(H,35,40)(H,36,39)/t19-,25-,26-,27-,28+/m0/s1. The molecule has 5 rings (SSSR count). The number of hydrogen-bond donors (Lipinski definition) is 4.